The van der Waals surface area contributed by atoms with Crippen LogP contribution in [0.5, 0.6) is 0 Å². The van der Waals surface area contributed by atoms with E-state index in [1.807, 2.05) is 0 Å². The molecule has 1 fully saturated rings. The molecule has 0 bridgehead atoms. The summed E-state index contributed by atoms with van der Waals surface area (Å²) in [5, 5.41) is 3.10. The highest BCUT2D eigenvalue weighted by atomic mass is 16.5. The van der Waals surface area contributed by atoms with Gasteiger partial charge in [-0.15, -0.1) is 0 Å². The largest absolute Gasteiger partial charge is 0.379 e. The lowest BCUT2D eigenvalue weighted by Gasteiger charge is -2.34. The average Bonchev–Trinajstić information content (AvgIpc) is 2.27. The van der Waals surface area contributed by atoms with E-state index in [-0.39, 0.29) is 11.4 Å². The van der Waals surface area contributed by atoms with Crippen molar-refractivity contribution in [1.29, 1.82) is 0 Å². The number of hydrogen-bond donors (Lipinski definition) is 2. The molecule has 100 valence electrons. The van der Waals surface area contributed by atoms with Gasteiger partial charge in [0.25, 0.3) is 0 Å². The maximum Gasteiger partial charge on any atom is 0.220 e. The zero-order chi connectivity index (χ0) is 12.7. The normalized spacial score (nSPS) is 26.5. The predicted molar refractivity (Wildman–Crippen MR) is 68.7 cm³/mol. The summed E-state index contributed by atoms with van der Waals surface area (Å²) in [7, 11) is 0. The highest BCUT2D eigenvalue weighted by molar-refractivity contribution is 5.76. The second kappa shape index (κ2) is 6.97. The van der Waals surface area contributed by atoms with Crippen molar-refractivity contribution in [2.75, 3.05) is 19.8 Å². The number of nitrogens with one attached hydrogen (secondary N) is 1. The molecule has 2 atom stereocenters. The highest BCUT2D eigenvalue weighted by Gasteiger charge is 2.28. The van der Waals surface area contributed by atoms with Crippen LogP contribution < -0.4 is 11.1 Å². The summed E-state index contributed by atoms with van der Waals surface area (Å²) in [6.45, 7) is 6.36. The van der Waals surface area contributed by atoms with Crippen molar-refractivity contribution >= 4 is 5.91 Å². The lowest BCUT2D eigenvalue weighted by atomic mass is 9.94. The number of carbonyl (C=O) groups is 1. The first-order chi connectivity index (χ1) is 8.06. The third-order valence-electron chi connectivity index (χ3n) is 3.40. The van der Waals surface area contributed by atoms with Crippen molar-refractivity contribution in [2.24, 2.45) is 11.7 Å². The Hall–Kier alpha value is -0.610. The van der Waals surface area contributed by atoms with Crippen LogP contribution in [0.2, 0.25) is 0 Å². The Morgan fingerprint density at radius 2 is 2.29 bits per heavy atom. The third kappa shape index (κ3) is 5.50. The van der Waals surface area contributed by atoms with Gasteiger partial charge in [-0.3, -0.25) is 4.79 Å². The molecule has 0 radical (unpaired) electrons. The first kappa shape index (κ1) is 14.5. The van der Waals surface area contributed by atoms with Crippen molar-refractivity contribution in [3.05, 3.63) is 0 Å². The number of amides is 1. The van der Waals surface area contributed by atoms with E-state index >= 15 is 0 Å². The average molecular weight is 242 g/mol. The van der Waals surface area contributed by atoms with Crippen LogP contribution in [-0.2, 0) is 9.53 Å². The Morgan fingerprint density at radius 3 is 2.88 bits per heavy atom. The molecule has 0 aliphatic carbocycles. The van der Waals surface area contributed by atoms with Crippen LogP contribution in [0, 0.1) is 5.92 Å². The fourth-order valence-electron chi connectivity index (χ4n) is 2.24. The van der Waals surface area contributed by atoms with Crippen LogP contribution in [0.4, 0.5) is 0 Å². The topological polar surface area (TPSA) is 64.4 Å². The molecule has 1 aliphatic heterocycles. The van der Waals surface area contributed by atoms with Gasteiger partial charge < -0.3 is 15.8 Å². The van der Waals surface area contributed by atoms with Crippen LogP contribution in [0.1, 0.15) is 46.0 Å². The molecule has 0 spiro atoms. The van der Waals surface area contributed by atoms with Crippen LogP contribution in [0.25, 0.3) is 0 Å². The van der Waals surface area contributed by atoms with Crippen LogP contribution >= 0.6 is 0 Å². The molecule has 1 amide bonds. The molecular formula is C13H26N2O2. The van der Waals surface area contributed by atoms with Gasteiger partial charge in [0, 0.05) is 13.0 Å². The Kier molecular flexibility index (Phi) is 5.92. The maximum absolute atomic E-state index is 11.8. The van der Waals surface area contributed by atoms with Gasteiger partial charge in [0.15, 0.2) is 0 Å². The number of ether oxygens (including phenoxy) is 1. The molecule has 2 unspecified atom stereocenters. The van der Waals surface area contributed by atoms with Crippen LogP contribution in [0.15, 0.2) is 0 Å². The quantitative estimate of drug-likeness (QED) is 0.740. The summed E-state index contributed by atoms with van der Waals surface area (Å²) in [5.74, 6) is 0.669. The van der Waals surface area contributed by atoms with E-state index in [0.717, 1.165) is 32.3 Å². The molecule has 1 saturated heterocycles. The molecule has 17 heavy (non-hydrogen) atoms. The van der Waals surface area contributed by atoms with Gasteiger partial charge in [0.2, 0.25) is 5.91 Å². The molecule has 1 rings (SSSR count). The molecule has 1 heterocycles. The lowest BCUT2D eigenvalue weighted by molar-refractivity contribution is -0.124. The van der Waals surface area contributed by atoms with E-state index in [0.29, 0.717) is 25.5 Å². The van der Waals surface area contributed by atoms with Gasteiger partial charge >= 0.3 is 0 Å². The predicted octanol–water partition coefficient (Wildman–Crippen LogP) is 1.44. The van der Waals surface area contributed by atoms with Gasteiger partial charge in [-0.25, -0.2) is 0 Å². The minimum Gasteiger partial charge on any atom is -0.379 e. The number of rotatable bonds is 6. The molecule has 1 aliphatic rings. The third-order valence-corrected chi connectivity index (χ3v) is 3.40. The van der Waals surface area contributed by atoms with Gasteiger partial charge in [-0.1, -0.05) is 6.92 Å². The first-order valence-corrected chi connectivity index (χ1v) is 6.64. The minimum absolute atomic E-state index is 0.141. The SMILES string of the molecule is CC(CCN)CCC(=O)NC1(C)CCCOC1. The second-order valence-electron chi connectivity index (χ2n) is 5.49. The number of hydrogen-bond acceptors (Lipinski definition) is 3. The van der Waals surface area contributed by atoms with E-state index in [1.54, 1.807) is 0 Å². The van der Waals surface area contributed by atoms with Crippen molar-refractivity contribution in [1.82, 2.24) is 5.32 Å². The van der Waals surface area contributed by atoms with Gasteiger partial charge in [-0.05, 0) is 45.1 Å². The zero-order valence-electron chi connectivity index (χ0n) is 11.1. The molecule has 4 nitrogen and oxygen atoms in total. The fraction of sp³-hybridized carbons (Fsp3) is 0.923. The van der Waals surface area contributed by atoms with E-state index in [9.17, 15) is 4.79 Å². The Bertz CT molecular complexity index is 238. The zero-order valence-corrected chi connectivity index (χ0v) is 11.1. The maximum atomic E-state index is 11.8. The van der Waals surface area contributed by atoms with Crippen molar-refractivity contribution in [3.63, 3.8) is 0 Å². The number of carbonyl (C=O) groups excluding carboxylic acids is 1. The monoisotopic (exact) mass is 242 g/mol. The van der Waals surface area contributed by atoms with Gasteiger partial charge in [0.1, 0.15) is 0 Å². The van der Waals surface area contributed by atoms with Crippen LogP contribution in [-0.4, -0.2) is 31.2 Å². The van der Waals surface area contributed by atoms with E-state index < -0.39 is 0 Å². The van der Waals surface area contributed by atoms with E-state index in [4.69, 9.17) is 10.5 Å². The molecular weight excluding hydrogens is 216 g/mol. The van der Waals surface area contributed by atoms with Gasteiger partial charge in [-0.2, -0.15) is 0 Å². The number of nitrogens with two attached hydrogens (primary N) is 1. The molecule has 0 aromatic heterocycles. The fourth-order valence-corrected chi connectivity index (χ4v) is 2.24. The highest BCUT2D eigenvalue weighted by Crippen LogP contribution is 2.19. The summed E-state index contributed by atoms with van der Waals surface area (Å²) in [6, 6.07) is 0. The smallest absolute Gasteiger partial charge is 0.220 e. The molecule has 0 aromatic rings. The Labute approximate surface area is 104 Å². The summed E-state index contributed by atoms with van der Waals surface area (Å²) in [6.07, 6.45) is 4.54. The van der Waals surface area contributed by atoms with Crippen molar-refractivity contribution in [2.45, 2.75) is 51.5 Å². The van der Waals surface area contributed by atoms with Crippen molar-refractivity contribution in [3.8, 4) is 0 Å². The summed E-state index contributed by atoms with van der Waals surface area (Å²) in [4.78, 5) is 11.8. The summed E-state index contributed by atoms with van der Waals surface area (Å²) < 4.78 is 5.42. The van der Waals surface area contributed by atoms with Crippen LogP contribution in [0.3, 0.4) is 0 Å². The Morgan fingerprint density at radius 1 is 1.53 bits per heavy atom. The van der Waals surface area contributed by atoms with Gasteiger partial charge in [0.05, 0.1) is 12.1 Å². The lowest BCUT2D eigenvalue weighted by Crippen LogP contribution is -2.51. The van der Waals surface area contributed by atoms with E-state index in [2.05, 4.69) is 19.2 Å². The molecule has 3 N–H and O–H groups in total. The molecule has 0 saturated carbocycles. The standard InChI is InChI=1S/C13H26N2O2/c1-11(6-8-14)4-5-12(16)15-13(2)7-3-9-17-10-13/h11H,3-10,14H2,1-2H3,(H,15,16). The minimum atomic E-state index is -0.160. The Balaban J connectivity index is 2.24. The summed E-state index contributed by atoms with van der Waals surface area (Å²) in [5.41, 5.74) is 5.33. The summed E-state index contributed by atoms with van der Waals surface area (Å²) >= 11 is 0. The van der Waals surface area contributed by atoms with Crippen molar-refractivity contribution < 1.29 is 9.53 Å². The molecule has 4 heteroatoms. The van der Waals surface area contributed by atoms with E-state index in [1.165, 1.54) is 0 Å². The first-order valence-electron chi connectivity index (χ1n) is 6.64. The molecule has 0 aromatic carbocycles. The second-order valence-corrected chi connectivity index (χ2v) is 5.49.